The van der Waals surface area contributed by atoms with Gasteiger partial charge in [0.2, 0.25) is 0 Å². The molecule has 2 nitrogen and oxygen atoms in total. The lowest BCUT2D eigenvalue weighted by molar-refractivity contribution is 0.0344. The van der Waals surface area contributed by atoms with E-state index in [1.54, 1.807) is 11.3 Å². The molecule has 0 atom stereocenters. The fourth-order valence-corrected chi connectivity index (χ4v) is 3.41. The lowest BCUT2D eigenvalue weighted by atomic mass is 10.1. The molecule has 17 heavy (non-hydrogen) atoms. The van der Waals surface area contributed by atoms with Crippen molar-refractivity contribution in [2.24, 2.45) is 0 Å². The first-order valence-electron chi connectivity index (χ1n) is 5.79. The highest BCUT2D eigenvalue weighted by molar-refractivity contribution is 7.17. The maximum absolute atomic E-state index is 6.00. The van der Waals surface area contributed by atoms with Crippen LogP contribution in [0.5, 0.6) is 0 Å². The third kappa shape index (κ3) is 2.47. The summed E-state index contributed by atoms with van der Waals surface area (Å²) in [6, 6.07) is 6.15. The molecule has 1 saturated heterocycles. The van der Waals surface area contributed by atoms with Crippen molar-refractivity contribution >= 4 is 33.0 Å². The lowest BCUT2D eigenvalue weighted by Gasteiger charge is -2.26. The van der Waals surface area contributed by atoms with Crippen molar-refractivity contribution in [3.63, 3.8) is 0 Å². The number of benzene rings is 1. The SMILES string of the molecule is Clc1ccc2c(CN3CCOCC3)csc2c1. The average molecular weight is 268 g/mol. The Morgan fingerprint density at radius 3 is 2.94 bits per heavy atom. The molecule has 0 spiro atoms. The van der Waals surface area contributed by atoms with Crippen molar-refractivity contribution in [2.75, 3.05) is 26.3 Å². The van der Waals surface area contributed by atoms with Gasteiger partial charge in [0.1, 0.15) is 0 Å². The fourth-order valence-electron chi connectivity index (χ4n) is 2.18. The summed E-state index contributed by atoms with van der Waals surface area (Å²) in [6.45, 7) is 4.79. The number of hydrogen-bond donors (Lipinski definition) is 0. The van der Waals surface area contributed by atoms with Gasteiger partial charge >= 0.3 is 0 Å². The van der Waals surface area contributed by atoms with Gasteiger partial charge in [0.15, 0.2) is 0 Å². The summed E-state index contributed by atoms with van der Waals surface area (Å²) in [5.41, 5.74) is 1.41. The third-order valence-electron chi connectivity index (χ3n) is 3.12. The number of fused-ring (bicyclic) bond motifs is 1. The highest BCUT2D eigenvalue weighted by atomic mass is 35.5. The molecule has 0 radical (unpaired) electrons. The van der Waals surface area contributed by atoms with Gasteiger partial charge in [0, 0.05) is 29.4 Å². The van der Waals surface area contributed by atoms with Crippen LogP contribution in [0, 0.1) is 0 Å². The van der Waals surface area contributed by atoms with Crippen LogP contribution in [0.25, 0.3) is 10.1 Å². The molecule has 1 aromatic carbocycles. The zero-order chi connectivity index (χ0) is 11.7. The van der Waals surface area contributed by atoms with Crippen LogP contribution in [0.15, 0.2) is 23.6 Å². The van der Waals surface area contributed by atoms with Crippen LogP contribution in [0.1, 0.15) is 5.56 Å². The Hall–Kier alpha value is -0.610. The number of morpholine rings is 1. The molecule has 0 amide bonds. The highest BCUT2D eigenvalue weighted by Crippen LogP contribution is 2.29. The molecule has 0 aliphatic carbocycles. The summed E-state index contributed by atoms with van der Waals surface area (Å²) in [4.78, 5) is 2.44. The van der Waals surface area contributed by atoms with E-state index in [4.69, 9.17) is 16.3 Å². The van der Waals surface area contributed by atoms with Gasteiger partial charge in [0.05, 0.1) is 13.2 Å². The summed E-state index contributed by atoms with van der Waals surface area (Å²) >= 11 is 7.77. The fraction of sp³-hybridized carbons (Fsp3) is 0.385. The van der Waals surface area contributed by atoms with Crippen LogP contribution < -0.4 is 0 Å². The molecule has 2 aromatic rings. The van der Waals surface area contributed by atoms with Gasteiger partial charge in [-0.15, -0.1) is 11.3 Å². The zero-order valence-electron chi connectivity index (χ0n) is 9.49. The molecule has 3 rings (SSSR count). The Labute approximate surface area is 110 Å². The molecule has 0 saturated carbocycles. The Kier molecular flexibility index (Phi) is 3.34. The van der Waals surface area contributed by atoms with Crippen LogP contribution in [0.2, 0.25) is 5.02 Å². The van der Waals surface area contributed by atoms with Crippen LogP contribution in [0.3, 0.4) is 0 Å². The van der Waals surface area contributed by atoms with Crippen molar-refractivity contribution in [3.8, 4) is 0 Å². The molecule has 1 fully saturated rings. The van der Waals surface area contributed by atoms with E-state index in [0.717, 1.165) is 37.9 Å². The Balaban J connectivity index is 1.84. The number of hydrogen-bond acceptors (Lipinski definition) is 3. The summed E-state index contributed by atoms with van der Waals surface area (Å²) in [5.74, 6) is 0. The minimum atomic E-state index is 0.817. The first kappa shape index (κ1) is 11.5. The van der Waals surface area contributed by atoms with Gasteiger partial charge in [-0.2, -0.15) is 0 Å². The van der Waals surface area contributed by atoms with Gasteiger partial charge < -0.3 is 4.74 Å². The van der Waals surface area contributed by atoms with Gasteiger partial charge in [-0.3, -0.25) is 4.90 Å². The van der Waals surface area contributed by atoms with Crippen molar-refractivity contribution in [1.82, 2.24) is 4.90 Å². The van der Waals surface area contributed by atoms with Gasteiger partial charge in [-0.05, 0) is 28.5 Å². The van der Waals surface area contributed by atoms with Crippen LogP contribution in [-0.4, -0.2) is 31.2 Å². The first-order chi connectivity index (χ1) is 8.33. The minimum Gasteiger partial charge on any atom is -0.379 e. The molecule has 0 bridgehead atoms. The second-order valence-electron chi connectivity index (χ2n) is 4.29. The summed E-state index contributed by atoms with van der Waals surface area (Å²) in [5, 5.41) is 4.40. The van der Waals surface area contributed by atoms with Crippen molar-refractivity contribution in [1.29, 1.82) is 0 Å². The highest BCUT2D eigenvalue weighted by Gasteiger charge is 2.13. The number of halogens is 1. The smallest absolute Gasteiger partial charge is 0.0594 e. The molecule has 1 aromatic heterocycles. The first-order valence-corrected chi connectivity index (χ1v) is 7.04. The van der Waals surface area contributed by atoms with E-state index < -0.39 is 0 Å². The summed E-state index contributed by atoms with van der Waals surface area (Å²) in [6.07, 6.45) is 0. The van der Waals surface area contributed by atoms with E-state index in [0.29, 0.717) is 0 Å². The third-order valence-corrected chi connectivity index (χ3v) is 4.34. The van der Waals surface area contributed by atoms with Gasteiger partial charge in [-0.25, -0.2) is 0 Å². The van der Waals surface area contributed by atoms with E-state index in [-0.39, 0.29) is 0 Å². The normalized spacial score (nSPS) is 17.7. The maximum Gasteiger partial charge on any atom is 0.0594 e. The number of rotatable bonds is 2. The van der Waals surface area contributed by atoms with Gasteiger partial charge in [0.25, 0.3) is 0 Å². The number of nitrogens with zero attached hydrogens (tertiary/aromatic N) is 1. The van der Waals surface area contributed by atoms with E-state index in [2.05, 4.69) is 16.3 Å². The molecular weight excluding hydrogens is 254 g/mol. The van der Waals surface area contributed by atoms with E-state index in [1.165, 1.54) is 15.6 Å². The Bertz CT molecular complexity index is 519. The Morgan fingerprint density at radius 1 is 1.29 bits per heavy atom. The van der Waals surface area contributed by atoms with Crippen molar-refractivity contribution in [2.45, 2.75) is 6.54 Å². The second-order valence-corrected chi connectivity index (χ2v) is 5.64. The van der Waals surface area contributed by atoms with Crippen LogP contribution in [0.4, 0.5) is 0 Å². The quantitative estimate of drug-likeness (QED) is 0.827. The molecule has 4 heteroatoms. The van der Waals surface area contributed by atoms with Gasteiger partial charge in [-0.1, -0.05) is 17.7 Å². The monoisotopic (exact) mass is 267 g/mol. The van der Waals surface area contributed by atoms with E-state index >= 15 is 0 Å². The second kappa shape index (κ2) is 4.94. The standard InChI is InChI=1S/C13H14ClNOS/c14-11-1-2-12-10(9-17-13(12)7-11)8-15-3-5-16-6-4-15/h1-2,7,9H,3-6,8H2. The molecule has 1 aliphatic rings. The minimum absolute atomic E-state index is 0.817. The molecule has 2 heterocycles. The predicted octanol–water partition coefficient (Wildman–Crippen LogP) is 3.39. The number of ether oxygens (including phenoxy) is 1. The largest absolute Gasteiger partial charge is 0.379 e. The van der Waals surface area contributed by atoms with Crippen LogP contribution >= 0.6 is 22.9 Å². The van der Waals surface area contributed by atoms with E-state index in [1.807, 2.05) is 12.1 Å². The molecule has 0 N–H and O–H groups in total. The Morgan fingerprint density at radius 2 is 2.12 bits per heavy atom. The molecular formula is C13H14ClNOS. The molecule has 0 unspecified atom stereocenters. The van der Waals surface area contributed by atoms with E-state index in [9.17, 15) is 0 Å². The average Bonchev–Trinajstić information content (AvgIpc) is 2.73. The summed E-state index contributed by atoms with van der Waals surface area (Å²) < 4.78 is 6.64. The van der Waals surface area contributed by atoms with Crippen molar-refractivity contribution < 1.29 is 4.74 Å². The maximum atomic E-state index is 6.00. The van der Waals surface area contributed by atoms with Crippen LogP contribution in [-0.2, 0) is 11.3 Å². The number of thiophene rings is 1. The molecule has 1 aliphatic heterocycles. The van der Waals surface area contributed by atoms with Crippen molar-refractivity contribution in [3.05, 3.63) is 34.2 Å². The topological polar surface area (TPSA) is 12.5 Å². The summed E-state index contributed by atoms with van der Waals surface area (Å²) in [7, 11) is 0. The predicted molar refractivity (Wildman–Crippen MR) is 72.9 cm³/mol. The molecule has 90 valence electrons. The lowest BCUT2D eigenvalue weighted by Crippen LogP contribution is -2.35. The zero-order valence-corrected chi connectivity index (χ0v) is 11.1.